The van der Waals surface area contributed by atoms with E-state index in [4.69, 9.17) is 11.6 Å². The summed E-state index contributed by atoms with van der Waals surface area (Å²) < 4.78 is 0. The van der Waals surface area contributed by atoms with Gasteiger partial charge in [-0.15, -0.1) is 0 Å². The topological polar surface area (TPSA) is 37.4 Å². The molecule has 2 aromatic rings. The number of rotatable bonds is 3. The first-order valence-electron chi connectivity index (χ1n) is 9.71. The molecular formula is C23H18ClNO2S. The summed E-state index contributed by atoms with van der Waals surface area (Å²) in [5.41, 5.74) is 0.693. The van der Waals surface area contributed by atoms with E-state index in [-0.39, 0.29) is 35.5 Å². The summed E-state index contributed by atoms with van der Waals surface area (Å²) in [7, 11) is 0. The van der Waals surface area contributed by atoms with Crippen molar-refractivity contribution in [1.82, 2.24) is 0 Å². The lowest BCUT2D eigenvalue weighted by atomic mass is 9.63. The van der Waals surface area contributed by atoms with Gasteiger partial charge in [-0.1, -0.05) is 35.5 Å². The van der Waals surface area contributed by atoms with Crippen LogP contribution in [0.4, 0.5) is 5.69 Å². The third-order valence-electron chi connectivity index (χ3n) is 6.81. The van der Waals surface area contributed by atoms with Gasteiger partial charge in [0, 0.05) is 14.8 Å². The number of anilines is 1. The lowest BCUT2D eigenvalue weighted by Gasteiger charge is -2.37. The van der Waals surface area contributed by atoms with Crippen LogP contribution < -0.4 is 4.90 Å². The Morgan fingerprint density at radius 2 is 1.29 bits per heavy atom. The van der Waals surface area contributed by atoms with Crippen LogP contribution in [0.25, 0.3) is 0 Å². The zero-order valence-corrected chi connectivity index (χ0v) is 16.6. The monoisotopic (exact) mass is 407 g/mol. The summed E-state index contributed by atoms with van der Waals surface area (Å²) in [6.07, 6.45) is 5.60. The van der Waals surface area contributed by atoms with E-state index < -0.39 is 0 Å². The van der Waals surface area contributed by atoms with Crippen molar-refractivity contribution >= 4 is 40.9 Å². The molecule has 2 bridgehead atoms. The maximum atomic E-state index is 13.2. The Morgan fingerprint density at radius 3 is 1.82 bits per heavy atom. The van der Waals surface area contributed by atoms with Gasteiger partial charge in [-0.2, -0.15) is 0 Å². The first-order chi connectivity index (χ1) is 13.6. The van der Waals surface area contributed by atoms with E-state index in [1.54, 1.807) is 11.8 Å². The Bertz CT molecular complexity index is 980. The number of halogens is 1. The molecule has 28 heavy (non-hydrogen) atoms. The molecule has 140 valence electrons. The third kappa shape index (κ3) is 2.37. The zero-order chi connectivity index (χ0) is 19.0. The van der Waals surface area contributed by atoms with Gasteiger partial charge in [0.2, 0.25) is 11.8 Å². The molecule has 1 heterocycles. The molecule has 0 unspecified atom stereocenters. The standard InChI is InChI=1S/C23H18ClNO2S/c24-12-1-5-14(6-2-12)28-15-7-3-13(4-8-15)25-22(26)20-16-9-10-17(19-11-18(16)19)21(20)23(25)27/h1-10,16-21H,11H2/t16-,17-,18-,19-,20+,21+/m1/s1. The average molecular weight is 408 g/mol. The maximum Gasteiger partial charge on any atom is 0.238 e. The quantitative estimate of drug-likeness (QED) is 0.527. The highest BCUT2D eigenvalue weighted by molar-refractivity contribution is 7.99. The summed E-state index contributed by atoms with van der Waals surface area (Å²) in [6.45, 7) is 0. The summed E-state index contributed by atoms with van der Waals surface area (Å²) in [4.78, 5) is 29.9. The molecule has 1 aliphatic heterocycles. The van der Waals surface area contributed by atoms with Crippen molar-refractivity contribution < 1.29 is 9.59 Å². The fourth-order valence-electron chi connectivity index (χ4n) is 5.51. The lowest BCUT2D eigenvalue weighted by Crippen LogP contribution is -2.40. The summed E-state index contributed by atoms with van der Waals surface area (Å²) >= 11 is 7.57. The fraction of sp³-hybridized carbons (Fsp3) is 0.304. The molecule has 0 aromatic heterocycles. The SMILES string of the molecule is O=C1[C@H]2[C@@H]3C=C[C@H]([C@H]4C[C@H]34)[C@@H]2C(=O)N1c1ccc(Sc2ccc(Cl)cc2)cc1. The number of hydrogen-bond acceptors (Lipinski definition) is 3. The van der Waals surface area contributed by atoms with E-state index >= 15 is 0 Å². The van der Waals surface area contributed by atoms with Gasteiger partial charge in [0.25, 0.3) is 0 Å². The molecule has 2 saturated carbocycles. The predicted octanol–water partition coefficient (Wildman–Crippen LogP) is 5.05. The largest absolute Gasteiger partial charge is 0.274 e. The normalized spacial score (nSPS) is 34.5. The smallest absolute Gasteiger partial charge is 0.238 e. The molecule has 5 heteroatoms. The second kappa shape index (κ2) is 5.98. The van der Waals surface area contributed by atoms with Crippen LogP contribution in [-0.2, 0) is 9.59 Å². The Kier molecular flexibility index (Phi) is 3.60. The van der Waals surface area contributed by atoms with Crippen molar-refractivity contribution in [1.29, 1.82) is 0 Å². The van der Waals surface area contributed by atoms with Gasteiger partial charge in [-0.25, -0.2) is 0 Å². The molecule has 3 fully saturated rings. The van der Waals surface area contributed by atoms with E-state index in [0.29, 0.717) is 22.5 Å². The van der Waals surface area contributed by atoms with Gasteiger partial charge in [0.05, 0.1) is 17.5 Å². The van der Waals surface area contributed by atoms with Crippen molar-refractivity contribution in [2.24, 2.45) is 35.5 Å². The van der Waals surface area contributed by atoms with E-state index in [1.807, 2.05) is 48.5 Å². The Hall–Kier alpha value is -2.04. The van der Waals surface area contributed by atoms with E-state index in [1.165, 1.54) is 11.3 Å². The molecule has 2 aromatic carbocycles. The molecular weight excluding hydrogens is 390 g/mol. The third-order valence-corrected chi connectivity index (χ3v) is 8.07. The van der Waals surface area contributed by atoms with Crippen LogP contribution >= 0.6 is 23.4 Å². The molecule has 3 nitrogen and oxygen atoms in total. The van der Waals surface area contributed by atoms with Gasteiger partial charge >= 0.3 is 0 Å². The van der Waals surface area contributed by atoms with Gasteiger partial charge in [0.15, 0.2) is 0 Å². The highest BCUT2D eigenvalue weighted by atomic mass is 35.5. The Morgan fingerprint density at radius 1 is 0.786 bits per heavy atom. The summed E-state index contributed by atoms with van der Waals surface area (Å²) in [6, 6.07) is 15.4. The minimum Gasteiger partial charge on any atom is -0.274 e. The number of imide groups is 1. The molecule has 4 aliphatic carbocycles. The van der Waals surface area contributed by atoms with Crippen LogP contribution in [0, 0.1) is 35.5 Å². The number of benzene rings is 2. The number of carbonyl (C=O) groups excluding carboxylic acids is 2. The summed E-state index contributed by atoms with van der Waals surface area (Å²) in [5, 5.41) is 0.716. The van der Waals surface area contributed by atoms with Crippen LogP contribution in [0.2, 0.25) is 5.02 Å². The predicted molar refractivity (Wildman–Crippen MR) is 109 cm³/mol. The molecule has 0 N–H and O–H groups in total. The lowest BCUT2D eigenvalue weighted by molar-refractivity contribution is -0.124. The Labute approximate surface area is 172 Å². The van der Waals surface area contributed by atoms with Crippen molar-refractivity contribution in [2.75, 3.05) is 4.90 Å². The van der Waals surface area contributed by atoms with Crippen molar-refractivity contribution in [3.63, 3.8) is 0 Å². The second-order valence-electron chi connectivity index (χ2n) is 8.22. The van der Waals surface area contributed by atoms with Crippen molar-refractivity contribution in [2.45, 2.75) is 16.2 Å². The molecule has 1 saturated heterocycles. The second-order valence-corrected chi connectivity index (χ2v) is 9.80. The van der Waals surface area contributed by atoms with Gasteiger partial charge in [0.1, 0.15) is 0 Å². The number of hydrogen-bond donors (Lipinski definition) is 0. The molecule has 0 spiro atoms. The minimum absolute atomic E-state index is 0.00203. The molecule has 5 aliphatic rings. The zero-order valence-electron chi connectivity index (χ0n) is 15.0. The van der Waals surface area contributed by atoms with Gasteiger partial charge in [-0.3, -0.25) is 14.5 Å². The number of nitrogens with zero attached hydrogens (tertiary/aromatic N) is 1. The average Bonchev–Trinajstić information content (AvgIpc) is 3.49. The number of allylic oxidation sites excluding steroid dienone is 2. The number of amides is 2. The van der Waals surface area contributed by atoms with Crippen LogP contribution in [0.5, 0.6) is 0 Å². The first-order valence-corrected chi connectivity index (χ1v) is 10.9. The Balaban J connectivity index is 1.26. The molecule has 7 rings (SSSR count). The first kappa shape index (κ1) is 16.9. The van der Waals surface area contributed by atoms with Crippen LogP contribution in [-0.4, -0.2) is 11.8 Å². The van der Waals surface area contributed by atoms with E-state index in [0.717, 1.165) is 9.79 Å². The van der Waals surface area contributed by atoms with E-state index in [2.05, 4.69) is 12.2 Å². The number of carbonyl (C=O) groups is 2. The maximum absolute atomic E-state index is 13.2. The van der Waals surface area contributed by atoms with Crippen LogP contribution in [0.3, 0.4) is 0 Å². The van der Waals surface area contributed by atoms with E-state index in [9.17, 15) is 9.59 Å². The van der Waals surface area contributed by atoms with Crippen molar-refractivity contribution in [3.8, 4) is 0 Å². The fourth-order valence-corrected chi connectivity index (χ4v) is 6.46. The van der Waals surface area contributed by atoms with Gasteiger partial charge < -0.3 is 0 Å². The minimum atomic E-state index is -0.144. The summed E-state index contributed by atoms with van der Waals surface area (Å²) in [5.74, 6) is 1.50. The van der Waals surface area contributed by atoms with Gasteiger partial charge in [-0.05, 0) is 78.6 Å². The van der Waals surface area contributed by atoms with Crippen molar-refractivity contribution in [3.05, 3.63) is 65.7 Å². The molecule has 6 atom stereocenters. The highest BCUT2D eigenvalue weighted by Crippen LogP contribution is 2.65. The highest BCUT2D eigenvalue weighted by Gasteiger charge is 2.67. The van der Waals surface area contributed by atoms with Crippen LogP contribution in [0.1, 0.15) is 6.42 Å². The molecule has 0 radical (unpaired) electrons. The van der Waals surface area contributed by atoms with Crippen LogP contribution in [0.15, 0.2) is 70.5 Å². The molecule has 2 amide bonds.